The van der Waals surface area contributed by atoms with E-state index in [1.807, 2.05) is 17.8 Å². The number of nitrogens with zero attached hydrogens (tertiary/aromatic N) is 1. The molecule has 0 bridgehead atoms. The second kappa shape index (κ2) is 14.1. The largest absolute Gasteiger partial charge is 0.380 e. The van der Waals surface area contributed by atoms with E-state index in [-0.39, 0.29) is 24.0 Å². The van der Waals surface area contributed by atoms with Gasteiger partial charge in [0, 0.05) is 27.2 Å². The summed E-state index contributed by atoms with van der Waals surface area (Å²) in [5.74, 6) is 2.07. The molecule has 0 saturated heterocycles. The Kier molecular flexibility index (Phi) is 13.8. The maximum atomic E-state index is 5.23. The highest BCUT2D eigenvalue weighted by Gasteiger charge is 2.03. The van der Waals surface area contributed by atoms with E-state index < -0.39 is 0 Å². The lowest BCUT2D eigenvalue weighted by Gasteiger charge is -2.14. The maximum Gasteiger partial charge on any atom is 0.191 e. The number of guanidine groups is 1. The van der Waals surface area contributed by atoms with Gasteiger partial charge in [-0.1, -0.05) is 24.3 Å². The van der Waals surface area contributed by atoms with Gasteiger partial charge in [-0.2, -0.15) is 11.8 Å². The van der Waals surface area contributed by atoms with Gasteiger partial charge in [-0.05, 0) is 36.0 Å². The molecule has 0 spiro atoms. The highest BCUT2D eigenvalue weighted by molar-refractivity contribution is 14.0. The van der Waals surface area contributed by atoms with E-state index in [4.69, 9.17) is 4.74 Å². The minimum atomic E-state index is 0. The number of halogens is 1. The van der Waals surface area contributed by atoms with Crippen LogP contribution in [0, 0.1) is 0 Å². The van der Waals surface area contributed by atoms with Crippen molar-refractivity contribution in [2.75, 3.05) is 32.7 Å². The first kappa shape index (κ1) is 21.5. The zero-order valence-corrected chi connectivity index (χ0v) is 16.9. The van der Waals surface area contributed by atoms with Crippen molar-refractivity contribution in [2.24, 2.45) is 4.99 Å². The second-order valence-corrected chi connectivity index (χ2v) is 5.74. The molecule has 0 unspecified atom stereocenters. The molecule has 0 heterocycles. The Balaban J connectivity index is 0.00000441. The molecule has 0 aliphatic heterocycles. The number of hydrogen-bond acceptors (Lipinski definition) is 3. The van der Waals surface area contributed by atoms with E-state index in [2.05, 4.69) is 40.1 Å². The first-order chi connectivity index (χ1) is 10.3. The van der Waals surface area contributed by atoms with E-state index in [1.165, 1.54) is 29.7 Å². The summed E-state index contributed by atoms with van der Waals surface area (Å²) >= 11 is 1.89. The molecule has 0 aliphatic rings. The molecule has 6 heteroatoms. The zero-order chi connectivity index (χ0) is 15.3. The molecule has 126 valence electrons. The minimum Gasteiger partial charge on any atom is -0.380 e. The molecule has 1 rings (SSSR count). The predicted molar refractivity (Wildman–Crippen MR) is 108 cm³/mol. The van der Waals surface area contributed by atoms with E-state index in [0.29, 0.717) is 6.61 Å². The first-order valence-electron chi connectivity index (χ1n) is 7.31. The number of benzene rings is 1. The second-order valence-electron chi connectivity index (χ2n) is 4.75. The van der Waals surface area contributed by atoms with Crippen molar-refractivity contribution >= 4 is 41.7 Å². The van der Waals surface area contributed by atoms with Crippen molar-refractivity contribution < 1.29 is 4.74 Å². The van der Waals surface area contributed by atoms with Crippen LogP contribution in [-0.4, -0.2) is 38.7 Å². The van der Waals surface area contributed by atoms with Crippen LogP contribution in [0.3, 0.4) is 0 Å². The van der Waals surface area contributed by atoms with Crippen molar-refractivity contribution in [1.29, 1.82) is 0 Å². The van der Waals surface area contributed by atoms with E-state index in [1.54, 1.807) is 14.2 Å². The van der Waals surface area contributed by atoms with Gasteiger partial charge >= 0.3 is 0 Å². The van der Waals surface area contributed by atoms with Crippen molar-refractivity contribution in [3.63, 3.8) is 0 Å². The summed E-state index contributed by atoms with van der Waals surface area (Å²) in [7, 11) is 3.53. The van der Waals surface area contributed by atoms with Crippen molar-refractivity contribution in [3.8, 4) is 0 Å². The first-order valence-corrected chi connectivity index (χ1v) is 8.70. The van der Waals surface area contributed by atoms with Gasteiger partial charge in [-0.15, -0.1) is 24.0 Å². The van der Waals surface area contributed by atoms with Gasteiger partial charge in [0.1, 0.15) is 0 Å². The number of methoxy groups -OCH3 is 1. The van der Waals surface area contributed by atoms with Crippen LogP contribution < -0.4 is 10.6 Å². The summed E-state index contributed by atoms with van der Waals surface area (Å²) in [6, 6.07) is 8.30. The molecule has 0 radical (unpaired) electrons. The summed E-state index contributed by atoms with van der Waals surface area (Å²) in [5, 5.41) is 6.70. The fourth-order valence-electron chi connectivity index (χ4n) is 2.00. The highest BCUT2D eigenvalue weighted by Crippen LogP contribution is 2.09. The lowest BCUT2D eigenvalue weighted by atomic mass is 10.1. The van der Waals surface area contributed by atoms with Crippen molar-refractivity contribution in [3.05, 3.63) is 35.4 Å². The average molecular weight is 437 g/mol. The van der Waals surface area contributed by atoms with Gasteiger partial charge in [0.2, 0.25) is 0 Å². The Bertz CT molecular complexity index is 430. The van der Waals surface area contributed by atoms with Crippen LogP contribution in [0.15, 0.2) is 29.3 Å². The summed E-state index contributed by atoms with van der Waals surface area (Å²) in [5.41, 5.74) is 2.45. The van der Waals surface area contributed by atoms with Crippen LogP contribution in [-0.2, 0) is 17.9 Å². The van der Waals surface area contributed by atoms with Gasteiger partial charge in [0.25, 0.3) is 0 Å². The molecule has 22 heavy (non-hydrogen) atoms. The lowest BCUT2D eigenvalue weighted by Crippen LogP contribution is -2.37. The molecule has 0 atom stereocenters. The third-order valence-electron chi connectivity index (χ3n) is 3.16. The van der Waals surface area contributed by atoms with Crippen LogP contribution in [0.4, 0.5) is 0 Å². The standard InChI is InChI=1S/C16H27N3OS.HI/c1-17-16(18-10-6-7-11-21-3)19-12-14-8-4-5-9-15(14)13-20-2;/h4-5,8-9H,6-7,10-13H2,1-3H3,(H2,17,18,19);1H. The topological polar surface area (TPSA) is 45.7 Å². The fourth-order valence-corrected chi connectivity index (χ4v) is 2.50. The van der Waals surface area contributed by atoms with Crippen molar-refractivity contribution in [1.82, 2.24) is 10.6 Å². The number of ether oxygens (including phenoxy) is 1. The van der Waals surface area contributed by atoms with Gasteiger partial charge < -0.3 is 15.4 Å². The molecule has 0 aliphatic carbocycles. The summed E-state index contributed by atoms with van der Waals surface area (Å²) < 4.78 is 5.23. The number of rotatable bonds is 9. The molecule has 4 nitrogen and oxygen atoms in total. The molecule has 1 aromatic rings. The van der Waals surface area contributed by atoms with Gasteiger partial charge in [-0.25, -0.2) is 0 Å². The third-order valence-corrected chi connectivity index (χ3v) is 3.85. The van der Waals surface area contributed by atoms with Crippen LogP contribution in [0.2, 0.25) is 0 Å². The molecular weight excluding hydrogens is 409 g/mol. The number of thioether (sulfide) groups is 1. The van der Waals surface area contributed by atoms with Crippen LogP contribution in [0.1, 0.15) is 24.0 Å². The number of hydrogen-bond donors (Lipinski definition) is 2. The SMILES string of the molecule is CN=C(NCCCCSC)NCc1ccccc1COC.I. The number of aliphatic imine (C=N–C) groups is 1. The van der Waals surface area contributed by atoms with Gasteiger partial charge in [0.05, 0.1) is 6.61 Å². The lowest BCUT2D eigenvalue weighted by molar-refractivity contribution is 0.184. The monoisotopic (exact) mass is 437 g/mol. The quantitative estimate of drug-likeness (QED) is 0.270. The summed E-state index contributed by atoms with van der Waals surface area (Å²) in [4.78, 5) is 4.25. The Morgan fingerprint density at radius 2 is 1.91 bits per heavy atom. The summed E-state index contributed by atoms with van der Waals surface area (Å²) in [6.07, 6.45) is 4.55. The Labute approximate surface area is 155 Å². The van der Waals surface area contributed by atoms with Crippen molar-refractivity contribution in [2.45, 2.75) is 26.0 Å². The zero-order valence-electron chi connectivity index (χ0n) is 13.7. The fraction of sp³-hybridized carbons (Fsp3) is 0.562. The Morgan fingerprint density at radius 3 is 2.55 bits per heavy atom. The van der Waals surface area contributed by atoms with Crippen LogP contribution >= 0.6 is 35.7 Å². The van der Waals surface area contributed by atoms with Gasteiger partial charge in [0.15, 0.2) is 5.96 Å². The third kappa shape index (κ3) is 8.85. The normalized spacial score (nSPS) is 11.0. The van der Waals surface area contributed by atoms with E-state index in [9.17, 15) is 0 Å². The van der Waals surface area contributed by atoms with E-state index >= 15 is 0 Å². The molecule has 1 aromatic carbocycles. The Morgan fingerprint density at radius 1 is 1.18 bits per heavy atom. The molecule has 2 N–H and O–H groups in total. The highest BCUT2D eigenvalue weighted by atomic mass is 127. The molecular formula is C16H28IN3OS. The smallest absolute Gasteiger partial charge is 0.191 e. The van der Waals surface area contributed by atoms with E-state index in [0.717, 1.165) is 19.0 Å². The molecule has 0 aromatic heterocycles. The Hall–Kier alpha value is -0.470. The average Bonchev–Trinajstić information content (AvgIpc) is 2.51. The van der Waals surface area contributed by atoms with Crippen LogP contribution in [0.5, 0.6) is 0 Å². The molecule has 0 fully saturated rings. The predicted octanol–water partition coefficient (Wildman–Crippen LogP) is 3.26. The number of nitrogens with one attached hydrogen (secondary N) is 2. The molecule has 0 saturated carbocycles. The number of unbranched alkanes of at least 4 members (excludes halogenated alkanes) is 1. The minimum absolute atomic E-state index is 0. The summed E-state index contributed by atoms with van der Waals surface area (Å²) in [6.45, 7) is 2.35. The maximum absolute atomic E-state index is 5.23. The van der Waals surface area contributed by atoms with Gasteiger partial charge in [-0.3, -0.25) is 4.99 Å². The van der Waals surface area contributed by atoms with Crippen LogP contribution in [0.25, 0.3) is 0 Å². The molecule has 0 amide bonds.